The first-order chi connectivity index (χ1) is 13.8. The number of hydrogen-bond donors (Lipinski definition) is 2. The lowest BCUT2D eigenvalue weighted by molar-refractivity contribution is 0.104. The van der Waals surface area contributed by atoms with Gasteiger partial charge in [-0.2, -0.15) is 0 Å². The summed E-state index contributed by atoms with van der Waals surface area (Å²) in [4.78, 5) is 28.3. The second kappa shape index (κ2) is 8.52. The van der Waals surface area contributed by atoms with Gasteiger partial charge in [0.15, 0.2) is 11.6 Å². The van der Waals surface area contributed by atoms with Crippen LogP contribution in [0.25, 0.3) is 6.08 Å². The number of ketones is 1. The number of amides is 2. The fraction of sp³-hybridized carbons (Fsp3) is 0.182. The summed E-state index contributed by atoms with van der Waals surface area (Å²) in [5.41, 5.74) is 1.77. The number of rotatable bonds is 5. The van der Waals surface area contributed by atoms with E-state index in [0.717, 1.165) is 5.56 Å². The van der Waals surface area contributed by atoms with Crippen LogP contribution in [-0.2, 0) is 5.41 Å². The summed E-state index contributed by atoms with van der Waals surface area (Å²) in [6.07, 6.45) is 6.56. The fourth-order valence-electron chi connectivity index (χ4n) is 2.43. The van der Waals surface area contributed by atoms with E-state index in [-0.39, 0.29) is 11.2 Å². The number of benzene rings is 1. The Morgan fingerprint density at radius 2 is 1.69 bits per heavy atom. The van der Waals surface area contributed by atoms with Crippen molar-refractivity contribution in [2.24, 2.45) is 0 Å². The Morgan fingerprint density at radius 1 is 1.00 bits per heavy atom. The topological polar surface area (TPSA) is 97.1 Å². The highest BCUT2D eigenvalue weighted by Gasteiger charge is 2.20. The molecule has 0 fully saturated rings. The summed E-state index contributed by atoms with van der Waals surface area (Å²) in [5, 5.41) is 9.16. The van der Waals surface area contributed by atoms with Crippen LogP contribution in [0.2, 0.25) is 0 Å². The van der Waals surface area contributed by atoms with Crippen molar-refractivity contribution in [3.8, 4) is 0 Å². The molecule has 3 aromatic rings. The molecule has 1 aromatic carbocycles. The number of allylic oxidation sites excluding steroid dienone is 1. The van der Waals surface area contributed by atoms with E-state index in [1.165, 1.54) is 6.08 Å². The van der Waals surface area contributed by atoms with Gasteiger partial charge in [0.05, 0.1) is 0 Å². The van der Waals surface area contributed by atoms with Crippen molar-refractivity contribution in [2.45, 2.75) is 26.2 Å². The molecule has 2 aromatic heterocycles. The Hall–Kier alpha value is -3.74. The summed E-state index contributed by atoms with van der Waals surface area (Å²) in [6, 6.07) is 11.5. The molecule has 0 bridgehead atoms. The Labute approximate surface area is 168 Å². The highest BCUT2D eigenvalue weighted by Crippen LogP contribution is 2.24. The van der Waals surface area contributed by atoms with E-state index in [0.29, 0.717) is 22.8 Å². The van der Waals surface area contributed by atoms with Gasteiger partial charge < -0.3 is 9.84 Å². The van der Waals surface area contributed by atoms with Gasteiger partial charge >= 0.3 is 6.03 Å². The average molecular weight is 390 g/mol. The van der Waals surface area contributed by atoms with Gasteiger partial charge in [-0.15, -0.1) is 0 Å². The molecule has 0 aliphatic carbocycles. The molecule has 0 spiro atoms. The van der Waals surface area contributed by atoms with Crippen molar-refractivity contribution < 1.29 is 14.1 Å². The van der Waals surface area contributed by atoms with Gasteiger partial charge in [-0.05, 0) is 48.0 Å². The molecule has 7 nitrogen and oxygen atoms in total. The van der Waals surface area contributed by atoms with E-state index in [1.807, 2.05) is 32.9 Å². The van der Waals surface area contributed by atoms with Crippen molar-refractivity contribution in [3.05, 3.63) is 77.8 Å². The minimum absolute atomic E-state index is 0.130. The molecule has 0 saturated heterocycles. The Balaban J connectivity index is 1.57. The number of nitrogens with one attached hydrogen (secondary N) is 2. The van der Waals surface area contributed by atoms with Crippen LogP contribution in [0, 0.1) is 0 Å². The maximum Gasteiger partial charge on any atom is 0.324 e. The number of carbonyl (C=O) groups is 2. The average Bonchev–Trinajstić information content (AvgIpc) is 3.16. The maximum absolute atomic E-state index is 12.3. The van der Waals surface area contributed by atoms with E-state index >= 15 is 0 Å². The molecule has 148 valence electrons. The van der Waals surface area contributed by atoms with Crippen LogP contribution in [0.5, 0.6) is 0 Å². The van der Waals surface area contributed by atoms with Gasteiger partial charge in [0, 0.05) is 35.1 Å². The van der Waals surface area contributed by atoms with Gasteiger partial charge in [-0.25, -0.2) is 4.79 Å². The Kier molecular flexibility index (Phi) is 5.87. The molecule has 0 radical (unpaired) electrons. The standard InChI is InChI=1S/C22H22N4O3/c1-22(2,3)19-14-20(26-29-19)25-21(28)24-17-7-5-16(6-8-17)18(27)9-4-15-10-12-23-13-11-15/h4-14H,1-3H3,(H2,24,25,26,28). The SMILES string of the molecule is CC(C)(C)c1cc(NC(=O)Nc2ccc(C(=O)C=Cc3ccncc3)cc2)no1. The van der Waals surface area contributed by atoms with Crippen molar-refractivity contribution in [3.63, 3.8) is 0 Å². The van der Waals surface area contributed by atoms with E-state index in [4.69, 9.17) is 4.52 Å². The van der Waals surface area contributed by atoms with Crippen molar-refractivity contribution in [2.75, 3.05) is 10.6 Å². The molecule has 29 heavy (non-hydrogen) atoms. The number of aromatic nitrogens is 2. The highest BCUT2D eigenvalue weighted by atomic mass is 16.5. The molecule has 0 unspecified atom stereocenters. The third kappa shape index (κ3) is 5.62. The zero-order chi connectivity index (χ0) is 20.9. The maximum atomic E-state index is 12.3. The van der Waals surface area contributed by atoms with Gasteiger partial charge in [0.2, 0.25) is 0 Å². The van der Waals surface area contributed by atoms with Crippen LogP contribution < -0.4 is 10.6 Å². The van der Waals surface area contributed by atoms with Crippen molar-refractivity contribution in [1.29, 1.82) is 0 Å². The molecule has 0 atom stereocenters. The molecular weight excluding hydrogens is 368 g/mol. The Bertz CT molecular complexity index is 1020. The molecular formula is C22H22N4O3. The van der Waals surface area contributed by atoms with Crippen molar-refractivity contribution >= 4 is 29.4 Å². The Morgan fingerprint density at radius 3 is 2.31 bits per heavy atom. The summed E-state index contributed by atoms with van der Waals surface area (Å²) in [6.45, 7) is 5.98. The molecule has 2 N–H and O–H groups in total. The summed E-state index contributed by atoms with van der Waals surface area (Å²) in [5.74, 6) is 0.881. The molecule has 0 saturated carbocycles. The number of carbonyl (C=O) groups excluding carboxylic acids is 2. The lowest BCUT2D eigenvalue weighted by Crippen LogP contribution is -2.19. The zero-order valence-electron chi connectivity index (χ0n) is 16.5. The second-order valence-corrected chi connectivity index (χ2v) is 7.46. The van der Waals surface area contributed by atoms with Crippen LogP contribution in [0.1, 0.15) is 42.5 Å². The first kappa shape index (κ1) is 20.0. The van der Waals surface area contributed by atoms with Crippen LogP contribution in [0.3, 0.4) is 0 Å². The third-order valence-corrected chi connectivity index (χ3v) is 4.05. The minimum atomic E-state index is -0.449. The van der Waals surface area contributed by atoms with E-state index in [9.17, 15) is 9.59 Å². The zero-order valence-corrected chi connectivity index (χ0v) is 16.5. The van der Waals surface area contributed by atoms with Crippen molar-refractivity contribution in [1.82, 2.24) is 10.1 Å². The largest absolute Gasteiger partial charge is 0.359 e. The van der Waals surface area contributed by atoms with Crippen LogP contribution >= 0.6 is 0 Å². The molecule has 2 amide bonds. The van der Waals surface area contributed by atoms with E-state index < -0.39 is 6.03 Å². The number of anilines is 2. The van der Waals surface area contributed by atoms with Crippen LogP contribution in [-0.4, -0.2) is 22.0 Å². The van der Waals surface area contributed by atoms with Gasteiger partial charge in [0.1, 0.15) is 5.76 Å². The quantitative estimate of drug-likeness (QED) is 0.477. The molecule has 3 rings (SSSR count). The number of hydrogen-bond acceptors (Lipinski definition) is 5. The molecule has 0 aliphatic heterocycles. The van der Waals surface area contributed by atoms with Gasteiger partial charge in [-0.3, -0.25) is 15.1 Å². The first-order valence-corrected chi connectivity index (χ1v) is 9.09. The van der Waals surface area contributed by atoms with E-state index in [2.05, 4.69) is 20.8 Å². The summed E-state index contributed by atoms with van der Waals surface area (Å²) >= 11 is 0. The minimum Gasteiger partial charge on any atom is -0.359 e. The summed E-state index contributed by atoms with van der Waals surface area (Å²) < 4.78 is 5.24. The highest BCUT2D eigenvalue weighted by molar-refractivity contribution is 6.07. The monoisotopic (exact) mass is 390 g/mol. The molecule has 2 heterocycles. The van der Waals surface area contributed by atoms with Crippen LogP contribution in [0.4, 0.5) is 16.3 Å². The molecule has 0 aliphatic rings. The predicted molar refractivity (Wildman–Crippen MR) is 112 cm³/mol. The fourth-order valence-corrected chi connectivity index (χ4v) is 2.43. The number of nitrogens with zero attached hydrogens (tertiary/aromatic N) is 2. The normalized spacial score (nSPS) is 11.4. The predicted octanol–water partition coefficient (Wildman–Crippen LogP) is 4.91. The lowest BCUT2D eigenvalue weighted by Gasteiger charge is -2.12. The van der Waals surface area contributed by atoms with Gasteiger partial charge in [0.25, 0.3) is 0 Å². The lowest BCUT2D eigenvalue weighted by atomic mass is 9.93. The molecule has 7 heteroatoms. The van der Waals surface area contributed by atoms with E-state index in [1.54, 1.807) is 48.8 Å². The van der Waals surface area contributed by atoms with Crippen LogP contribution in [0.15, 0.2) is 65.5 Å². The number of urea groups is 1. The summed E-state index contributed by atoms with van der Waals surface area (Å²) in [7, 11) is 0. The second-order valence-electron chi connectivity index (χ2n) is 7.46. The third-order valence-electron chi connectivity index (χ3n) is 4.05. The first-order valence-electron chi connectivity index (χ1n) is 9.09. The number of pyridine rings is 1. The van der Waals surface area contributed by atoms with Gasteiger partial charge in [-0.1, -0.05) is 32.0 Å². The smallest absolute Gasteiger partial charge is 0.324 e.